The Morgan fingerprint density at radius 2 is 1.71 bits per heavy atom. The van der Waals surface area contributed by atoms with Gasteiger partial charge in [0.2, 0.25) is 5.43 Å². The summed E-state index contributed by atoms with van der Waals surface area (Å²) in [5.74, 6) is -1.19. The second-order valence-corrected chi connectivity index (χ2v) is 10.8. The van der Waals surface area contributed by atoms with E-state index in [1.807, 2.05) is 41.3 Å². The number of carboxylic acids is 1. The molecule has 1 amide bonds. The van der Waals surface area contributed by atoms with Crippen molar-refractivity contribution in [1.29, 1.82) is 0 Å². The average molecular weight is 620 g/mol. The number of halogens is 1. The Kier molecular flexibility index (Phi) is 7.65. The fourth-order valence-corrected chi connectivity index (χ4v) is 6.28. The molecule has 2 heterocycles. The lowest BCUT2D eigenvalue weighted by molar-refractivity contribution is 0.0693. The van der Waals surface area contributed by atoms with Crippen LogP contribution in [0.15, 0.2) is 71.7 Å². The Morgan fingerprint density at radius 3 is 2.37 bits per heavy atom. The molecular formula is C31H29IN2O4. The van der Waals surface area contributed by atoms with Crippen LogP contribution in [0.4, 0.5) is 0 Å². The molecule has 6 nitrogen and oxygen atoms in total. The van der Waals surface area contributed by atoms with E-state index >= 15 is 0 Å². The van der Waals surface area contributed by atoms with Crippen molar-refractivity contribution in [2.24, 2.45) is 0 Å². The van der Waals surface area contributed by atoms with Gasteiger partial charge >= 0.3 is 5.97 Å². The zero-order chi connectivity index (χ0) is 26.8. The van der Waals surface area contributed by atoms with Crippen LogP contribution < -0.4 is 5.43 Å². The summed E-state index contributed by atoms with van der Waals surface area (Å²) < 4.78 is 0.767. The first kappa shape index (κ1) is 26.2. The summed E-state index contributed by atoms with van der Waals surface area (Å²) >= 11 is 2.14. The molecule has 0 aliphatic carbocycles. The van der Waals surface area contributed by atoms with Crippen LogP contribution in [0.3, 0.4) is 0 Å². The number of nitrogens with one attached hydrogen (secondary N) is 1. The number of pyridine rings is 1. The molecule has 38 heavy (non-hydrogen) atoms. The Morgan fingerprint density at radius 1 is 1.03 bits per heavy atom. The minimum absolute atomic E-state index is 0.0520. The molecule has 3 aromatic carbocycles. The van der Waals surface area contributed by atoms with Gasteiger partial charge in [0.15, 0.2) is 0 Å². The van der Waals surface area contributed by atoms with Crippen LogP contribution in [0.25, 0.3) is 22.0 Å². The first-order valence-corrected chi connectivity index (χ1v) is 14.0. The highest BCUT2D eigenvalue weighted by Gasteiger charge is 2.29. The number of hydrogen-bond donors (Lipinski definition) is 2. The number of aromatic nitrogens is 1. The third kappa shape index (κ3) is 5.12. The molecule has 194 valence electrons. The Bertz CT molecular complexity index is 1560. The van der Waals surface area contributed by atoms with Gasteiger partial charge in [-0.25, -0.2) is 4.79 Å². The molecule has 2 N–H and O–H groups in total. The van der Waals surface area contributed by atoms with E-state index in [1.165, 1.54) is 11.8 Å². The van der Waals surface area contributed by atoms with E-state index in [0.29, 0.717) is 22.9 Å². The SMILES string of the molecule is CCc1ccc(-c2ccc(C(=O)N3CCCC3CCc3ccc4[nH]cc(C(=O)O)c(=O)c4c3I)cc2)cc1. The number of aromatic carboxylic acids is 1. The summed E-state index contributed by atoms with van der Waals surface area (Å²) in [4.78, 5) is 42.5. The van der Waals surface area contributed by atoms with Crippen LogP contribution in [-0.4, -0.2) is 39.5 Å². The van der Waals surface area contributed by atoms with Crippen molar-refractivity contribution in [3.63, 3.8) is 0 Å². The van der Waals surface area contributed by atoms with Gasteiger partial charge < -0.3 is 15.0 Å². The van der Waals surface area contributed by atoms with Gasteiger partial charge in [-0.05, 0) is 95.1 Å². The second kappa shape index (κ2) is 11.1. The summed E-state index contributed by atoms with van der Waals surface area (Å²) in [7, 11) is 0. The number of benzene rings is 3. The smallest absolute Gasteiger partial charge is 0.341 e. The van der Waals surface area contributed by atoms with E-state index < -0.39 is 11.4 Å². The number of aromatic amines is 1. The Balaban J connectivity index is 1.30. The maximum absolute atomic E-state index is 13.4. The fraction of sp³-hybridized carbons (Fsp3) is 0.258. The minimum Gasteiger partial charge on any atom is -0.477 e. The maximum atomic E-state index is 13.4. The summed E-state index contributed by atoms with van der Waals surface area (Å²) in [6.45, 7) is 2.88. The predicted molar refractivity (Wildman–Crippen MR) is 158 cm³/mol. The van der Waals surface area contributed by atoms with Crippen LogP contribution in [-0.2, 0) is 12.8 Å². The van der Waals surface area contributed by atoms with Gasteiger partial charge in [0.25, 0.3) is 5.91 Å². The topological polar surface area (TPSA) is 90.5 Å². The number of carbonyl (C=O) groups excluding carboxylic acids is 1. The molecule has 1 aliphatic heterocycles. The lowest BCUT2D eigenvalue weighted by Crippen LogP contribution is -2.35. The molecule has 5 rings (SSSR count). The molecule has 1 aromatic heterocycles. The Hall–Kier alpha value is -3.46. The largest absolute Gasteiger partial charge is 0.477 e. The predicted octanol–water partition coefficient (Wildman–Crippen LogP) is 6.30. The van der Waals surface area contributed by atoms with Crippen molar-refractivity contribution in [2.45, 2.75) is 45.1 Å². The highest BCUT2D eigenvalue weighted by atomic mass is 127. The van der Waals surface area contributed by atoms with Crippen molar-refractivity contribution >= 4 is 45.4 Å². The number of likely N-dealkylation sites (tertiary alicyclic amines) is 1. The van der Waals surface area contributed by atoms with Crippen LogP contribution >= 0.6 is 22.6 Å². The molecule has 1 unspecified atom stereocenters. The van der Waals surface area contributed by atoms with Gasteiger partial charge in [0.05, 0.1) is 10.9 Å². The number of rotatable bonds is 7. The number of carboxylic acid groups (broad SMARTS) is 1. The minimum atomic E-state index is -1.24. The van der Waals surface area contributed by atoms with E-state index in [-0.39, 0.29) is 17.5 Å². The summed E-state index contributed by atoms with van der Waals surface area (Å²) in [5, 5.41) is 9.75. The van der Waals surface area contributed by atoms with E-state index in [2.05, 4.69) is 58.8 Å². The van der Waals surface area contributed by atoms with E-state index in [1.54, 1.807) is 0 Å². The number of hydrogen-bond acceptors (Lipinski definition) is 3. The number of H-pyrrole nitrogens is 1. The van der Waals surface area contributed by atoms with Crippen LogP contribution in [0.1, 0.15) is 58.0 Å². The molecule has 0 bridgehead atoms. The molecule has 0 spiro atoms. The summed E-state index contributed by atoms with van der Waals surface area (Å²) in [6.07, 6.45) is 5.65. The molecule has 1 fully saturated rings. The third-order valence-electron chi connectivity index (χ3n) is 7.51. The molecule has 0 saturated carbocycles. The number of amides is 1. The Labute approximate surface area is 234 Å². The molecule has 0 radical (unpaired) electrons. The van der Waals surface area contributed by atoms with Gasteiger partial charge in [-0.1, -0.05) is 49.4 Å². The van der Waals surface area contributed by atoms with Crippen molar-refractivity contribution in [2.75, 3.05) is 6.54 Å². The normalized spacial score (nSPS) is 15.2. The third-order valence-corrected chi connectivity index (χ3v) is 8.74. The molecule has 1 aliphatic rings. The van der Waals surface area contributed by atoms with Gasteiger partial charge in [0, 0.05) is 27.9 Å². The first-order chi connectivity index (χ1) is 18.4. The number of aryl methyl sites for hydroxylation is 2. The standard InChI is InChI=1S/C31H29IN2O4/c1-2-19-5-7-20(8-6-19)21-9-11-23(12-10-21)30(36)34-17-3-4-24(34)15-13-22-14-16-26-27(28(22)32)29(35)25(18-33-26)31(37)38/h5-12,14,16,18,24H,2-4,13,15,17H2,1H3,(H,33,35)(H,37,38). The van der Waals surface area contributed by atoms with Crippen molar-refractivity contribution < 1.29 is 14.7 Å². The molecular weight excluding hydrogens is 591 g/mol. The summed E-state index contributed by atoms with van der Waals surface area (Å²) in [6, 6.07) is 20.3. The molecule has 7 heteroatoms. The fourth-order valence-electron chi connectivity index (χ4n) is 5.29. The quantitative estimate of drug-likeness (QED) is 0.238. The van der Waals surface area contributed by atoms with Gasteiger partial charge in [-0.15, -0.1) is 0 Å². The van der Waals surface area contributed by atoms with E-state index in [9.17, 15) is 19.5 Å². The van der Waals surface area contributed by atoms with Gasteiger partial charge in [-0.3, -0.25) is 9.59 Å². The highest BCUT2D eigenvalue weighted by molar-refractivity contribution is 14.1. The zero-order valence-electron chi connectivity index (χ0n) is 21.2. The van der Waals surface area contributed by atoms with Crippen LogP contribution in [0.5, 0.6) is 0 Å². The molecule has 1 saturated heterocycles. The average Bonchev–Trinajstić information content (AvgIpc) is 3.41. The first-order valence-electron chi connectivity index (χ1n) is 12.9. The van der Waals surface area contributed by atoms with Gasteiger partial charge in [0.1, 0.15) is 5.56 Å². The van der Waals surface area contributed by atoms with Crippen molar-refractivity contribution in [3.8, 4) is 11.1 Å². The lowest BCUT2D eigenvalue weighted by atomic mass is 10.00. The maximum Gasteiger partial charge on any atom is 0.341 e. The number of fused-ring (bicyclic) bond motifs is 1. The highest BCUT2D eigenvalue weighted by Crippen LogP contribution is 2.28. The van der Waals surface area contributed by atoms with Gasteiger partial charge in [-0.2, -0.15) is 0 Å². The monoisotopic (exact) mass is 620 g/mol. The number of nitrogens with zero attached hydrogens (tertiary/aromatic N) is 1. The van der Waals surface area contributed by atoms with Crippen LogP contribution in [0.2, 0.25) is 0 Å². The van der Waals surface area contributed by atoms with Crippen molar-refractivity contribution in [3.05, 3.63) is 103 Å². The van der Waals surface area contributed by atoms with Crippen molar-refractivity contribution in [1.82, 2.24) is 9.88 Å². The second-order valence-electron chi connectivity index (χ2n) is 9.76. The van der Waals surface area contributed by atoms with Crippen LogP contribution in [0, 0.1) is 3.57 Å². The van der Waals surface area contributed by atoms with E-state index in [0.717, 1.165) is 52.5 Å². The molecule has 4 aromatic rings. The summed E-state index contributed by atoms with van der Waals surface area (Å²) in [5.41, 5.74) is 5.10. The van der Waals surface area contributed by atoms with E-state index in [4.69, 9.17) is 0 Å². The number of carbonyl (C=O) groups is 2. The lowest BCUT2D eigenvalue weighted by Gasteiger charge is -2.25. The molecule has 1 atom stereocenters. The zero-order valence-corrected chi connectivity index (χ0v) is 23.3.